The molecule has 3 rings (SSSR count). The van der Waals surface area contributed by atoms with Crippen molar-refractivity contribution < 1.29 is 22.7 Å². The molecule has 1 N–H and O–H groups in total. The first kappa shape index (κ1) is 34.3. The van der Waals surface area contributed by atoms with Gasteiger partial charge in [0.2, 0.25) is 11.8 Å². The summed E-state index contributed by atoms with van der Waals surface area (Å²) in [6, 6.07) is 19.3. The van der Waals surface area contributed by atoms with Gasteiger partial charge in [-0.1, -0.05) is 50.6 Å². The van der Waals surface area contributed by atoms with E-state index in [4.69, 9.17) is 16.3 Å². The minimum atomic E-state index is -4.18. The number of sulfonamides is 1. The van der Waals surface area contributed by atoms with Crippen LogP contribution in [0.15, 0.2) is 82.6 Å². The number of nitrogens with one attached hydrogen (secondary N) is 1. The lowest BCUT2D eigenvalue weighted by Crippen LogP contribution is -2.52. The number of ether oxygens (including phenoxy) is 1. The van der Waals surface area contributed by atoms with Gasteiger partial charge in [0.1, 0.15) is 18.3 Å². The Labute approximate surface area is 264 Å². The molecule has 43 heavy (non-hydrogen) atoms. The zero-order valence-corrected chi connectivity index (χ0v) is 27.6. The van der Waals surface area contributed by atoms with Gasteiger partial charge in [0.15, 0.2) is 0 Å². The minimum Gasteiger partial charge on any atom is -0.494 e. The molecule has 0 saturated carbocycles. The summed E-state index contributed by atoms with van der Waals surface area (Å²) in [4.78, 5) is 29.9. The molecule has 232 valence electrons. The van der Waals surface area contributed by atoms with Crippen molar-refractivity contribution in [2.75, 3.05) is 30.3 Å². The summed E-state index contributed by atoms with van der Waals surface area (Å²) >= 11 is 7.96. The fraction of sp³-hybridized carbons (Fsp3) is 0.375. The van der Waals surface area contributed by atoms with E-state index in [-0.39, 0.29) is 23.3 Å². The molecule has 0 aliphatic rings. The second-order valence-corrected chi connectivity index (χ2v) is 13.4. The summed E-state index contributed by atoms with van der Waals surface area (Å²) in [5, 5.41) is 3.37. The highest BCUT2D eigenvalue weighted by Crippen LogP contribution is 2.28. The monoisotopic (exact) mass is 645 g/mol. The molecule has 0 aliphatic carbocycles. The molecule has 0 heterocycles. The molecule has 2 amide bonds. The van der Waals surface area contributed by atoms with Crippen LogP contribution in [0.3, 0.4) is 0 Å². The van der Waals surface area contributed by atoms with Gasteiger partial charge in [-0.25, -0.2) is 8.42 Å². The van der Waals surface area contributed by atoms with Crippen molar-refractivity contribution in [2.24, 2.45) is 5.92 Å². The van der Waals surface area contributed by atoms with Crippen LogP contribution >= 0.6 is 23.4 Å². The van der Waals surface area contributed by atoms with Gasteiger partial charge in [-0.2, -0.15) is 0 Å². The predicted molar refractivity (Wildman–Crippen MR) is 174 cm³/mol. The zero-order valence-electron chi connectivity index (χ0n) is 25.2. The molecule has 0 saturated heterocycles. The van der Waals surface area contributed by atoms with Crippen LogP contribution in [-0.2, 0) is 26.2 Å². The highest BCUT2D eigenvalue weighted by Gasteiger charge is 2.34. The van der Waals surface area contributed by atoms with E-state index in [1.807, 2.05) is 34.0 Å². The van der Waals surface area contributed by atoms with E-state index >= 15 is 0 Å². The Morgan fingerprint density at radius 1 is 0.977 bits per heavy atom. The third-order valence-electron chi connectivity index (χ3n) is 6.73. The third-order valence-corrected chi connectivity index (χ3v) is 9.63. The van der Waals surface area contributed by atoms with E-state index in [1.165, 1.54) is 28.8 Å². The van der Waals surface area contributed by atoms with Crippen molar-refractivity contribution in [3.63, 3.8) is 0 Å². The number of amides is 2. The standard InChI is InChI=1S/C32H40ClN3O5S2/c1-6-30(32(38)34-20-23(3)4)35(21-24-10-8-9-11-29(24)33)31(37)22-36(25-12-14-26(15-13-25)41-7-2)43(39,40)28-18-16-27(42-5)17-19-28/h8-19,23,30H,6-7,20-22H2,1-5H3,(H,34,38)/t30-/m0/s1. The maximum absolute atomic E-state index is 14.2. The Hall–Kier alpha value is -3.21. The van der Waals surface area contributed by atoms with Crippen molar-refractivity contribution in [2.45, 2.75) is 56.5 Å². The van der Waals surface area contributed by atoms with E-state index in [2.05, 4.69) is 5.32 Å². The van der Waals surface area contributed by atoms with Gasteiger partial charge in [0.05, 0.1) is 17.2 Å². The molecule has 0 aliphatic heterocycles. The second-order valence-electron chi connectivity index (χ2n) is 10.3. The van der Waals surface area contributed by atoms with Crippen molar-refractivity contribution in [1.29, 1.82) is 0 Å². The molecule has 11 heteroatoms. The van der Waals surface area contributed by atoms with E-state index in [1.54, 1.807) is 60.7 Å². The highest BCUT2D eigenvalue weighted by molar-refractivity contribution is 7.98. The first-order chi connectivity index (χ1) is 20.5. The predicted octanol–water partition coefficient (Wildman–Crippen LogP) is 6.24. The maximum Gasteiger partial charge on any atom is 0.264 e. The van der Waals surface area contributed by atoms with Crippen LogP contribution in [-0.4, -0.2) is 57.1 Å². The summed E-state index contributed by atoms with van der Waals surface area (Å²) in [6.45, 7) is 8.05. The molecular weight excluding hydrogens is 606 g/mol. The van der Waals surface area contributed by atoms with Crippen LogP contribution in [0.25, 0.3) is 0 Å². The first-order valence-corrected chi connectivity index (χ1v) is 17.3. The van der Waals surface area contributed by atoms with Gasteiger partial charge < -0.3 is 15.0 Å². The van der Waals surface area contributed by atoms with Crippen LogP contribution in [0.5, 0.6) is 5.75 Å². The number of carbonyl (C=O) groups excluding carboxylic acids is 2. The maximum atomic E-state index is 14.2. The Balaban J connectivity index is 2.06. The average molecular weight is 646 g/mol. The van der Waals surface area contributed by atoms with Crippen LogP contribution in [0, 0.1) is 5.92 Å². The molecule has 3 aromatic carbocycles. The number of anilines is 1. The number of thioether (sulfide) groups is 1. The normalized spacial score (nSPS) is 12.1. The van der Waals surface area contributed by atoms with Gasteiger partial charge in [-0.05, 0) is 85.7 Å². The third kappa shape index (κ3) is 9.14. The Bertz CT molecular complexity index is 1470. The fourth-order valence-electron chi connectivity index (χ4n) is 4.43. The molecular formula is C32H40ClN3O5S2. The van der Waals surface area contributed by atoms with Gasteiger partial charge in [0, 0.05) is 23.0 Å². The molecule has 1 atom stereocenters. The fourth-order valence-corrected chi connectivity index (χ4v) is 6.45. The minimum absolute atomic E-state index is 0.0334. The molecule has 0 fully saturated rings. The zero-order chi connectivity index (χ0) is 31.6. The van der Waals surface area contributed by atoms with Crippen molar-refractivity contribution >= 4 is 50.9 Å². The molecule has 0 aromatic heterocycles. The van der Waals surface area contributed by atoms with Crippen molar-refractivity contribution in [3.05, 3.63) is 83.4 Å². The quantitative estimate of drug-likeness (QED) is 0.197. The molecule has 8 nitrogen and oxygen atoms in total. The summed E-state index contributed by atoms with van der Waals surface area (Å²) in [5.74, 6) is -0.0520. The summed E-state index contributed by atoms with van der Waals surface area (Å²) in [7, 11) is -4.18. The summed E-state index contributed by atoms with van der Waals surface area (Å²) in [5.41, 5.74) is 0.941. The number of hydrogen-bond acceptors (Lipinski definition) is 6. The van der Waals surface area contributed by atoms with E-state index in [0.29, 0.717) is 41.6 Å². The molecule has 0 radical (unpaired) electrons. The molecule has 3 aromatic rings. The SMILES string of the molecule is CCOc1ccc(N(CC(=O)N(Cc2ccccc2Cl)[C@@H](CC)C(=O)NCC(C)C)S(=O)(=O)c2ccc(SC)cc2)cc1. The number of hydrogen-bond donors (Lipinski definition) is 1. The lowest BCUT2D eigenvalue weighted by Gasteiger charge is -2.33. The summed E-state index contributed by atoms with van der Waals surface area (Å²) in [6.07, 6.45) is 2.23. The lowest BCUT2D eigenvalue weighted by atomic mass is 10.1. The lowest BCUT2D eigenvalue weighted by molar-refractivity contribution is -0.140. The Kier molecular flexibility index (Phi) is 12.8. The van der Waals surface area contributed by atoms with Crippen molar-refractivity contribution in [3.8, 4) is 5.75 Å². The number of halogens is 1. The summed E-state index contributed by atoms with van der Waals surface area (Å²) < 4.78 is 34.8. The van der Waals surface area contributed by atoms with Gasteiger partial charge >= 0.3 is 0 Å². The van der Waals surface area contributed by atoms with Crippen LogP contribution < -0.4 is 14.4 Å². The molecule has 0 unspecified atom stereocenters. The smallest absolute Gasteiger partial charge is 0.264 e. The number of carbonyl (C=O) groups is 2. The van der Waals surface area contributed by atoms with Gasteiger partial charge in [-0.15, -0.1) is 11.8 Å². The van der Waals surface area contributed by atoms with Gasteiger partial charge in [-0.3, -0.25) is 13.9 Å². The average Bonchev–Trinajstić information content (AvgIpc) is 3.00. The molecule has 0 spiro atoms. The number of benzene rings is 3. The van der Waals surface area contributed by atoms with Crippen LogP contribution in [0.1, 0.15) is 39.7 Å². The number of rotatable bonds is 15. The van der Waals surface area contributed by atoms with Crippen molar-refractivity contribution in [1.82, 2.24) is 10.2 Å². The van der Waals surface area contributed by atoms with Gasteiger partial charge in [0.25, 0.3) is 10.0 Å². The highest BCUT2D eigenvalue weighted by atomic mass is 35.5. The Morgan fingerprint density at radius 3 is 2.19 bits per heavy atom. The largest absolute Gasteiger partial charge is 0.494 e. The first-order valence-electron chi connectivity index (χ1n) is 14.2. The molecule has 0 bridgehead atoms. The second kappa shape index (κ2) is 16.0. The van der Waals surface area contributed by atoms with E-state index < -0.39 is 28.5 Å². The topological polar surface area (TPSA) is 96.0 Å². The number of nitrogens with zero attached hydrogens (tertiary/aromatic N) is 2. The van der Waals surface area contributed by atoms with E-state index in [9.17, 15) is 18.0 Å². The Morgan fingerprint density at radius 2 is 1.63 bits per heavy atom. The van der Waals surface area contributed by atoms with E-state index in [0.717, 1.165) is 9.20 Å². The van der Waals surface area contributed by atoms with Crippen LogP contribution in [0.2, 0.25) is 5.02 Å². The van der Waals surface area contributed by atoms with Crippen LogP contribution in [0.4, 0.5) is 5.69 Å².